The molecule has 1 aliphatic heterocycles. The maximum atomic E-state index is 10.6. The first kappa shape index (κ1) is 13.4. The Labute approximate surface area is 111 Å². The van der Waals surface area contributed by atoms with Gasteiger partial charge in [0.15, 0.2) is 0 Å². The number of ether oxygens (including phenoxy) is 1. The summed E-state index contributed by atoms with van der Waals surface area (Å²) in [6.07, 6.45) is 0.570. The molecule has 0 amide bonds. The molecule has 0 aliphatic carbocycles. The number of carboxylic acid groups (broad SMARTS) is 1. The molecule has 1 aliphatic rings. The van der Waals surface area contributed by atoms with E-state index in [1.54, 1.807) is 11.8 Å². The Bertz CT molecular complexity index is 420. The summed E-state index contributed by atoms with van der Waals surface area (Å²) in [5.41, 5.74) is 7.11. The molecule has 3 N–H and O–H groups in total. The molecule has 98 valence electrons. The van der Waals surface area contributed by atoms with Gasteiger partial charge < -0.3 is 15.6 Å². The first-order valence-corrected chi connectivity index (χ1v) is 6.85. The lowest BCUT2D eigenvalue weighted by molar-refractivity contribution is -0.137. The fraction of sp³-hybridized carbons (Fsp3) is 0.462. The van der Waals surface area contributed by atoms with E-state index in [9.17, 15) is 4.79 Å². The Morgan fingerprint density at radius 3 is 2.83 bits per heavy atom. The number of carboxylic acids is 1. The van der Waals surface area contributed by atoms with Crippen molar-refractivity contribution in [2.24, 2.45) is 5.73 Å². The summed E-state index contributed by atoms with van der Waals surface area (Å²) in [6, 6.07) is 7.73. The van der Waals surface area contributed by atoms with Gasteiger partial charge in [-0.25, -0.2) is 0 Å². The summed E-state index contributed by atoms with van der Waals surface area (Å²) in [6.45, 7) is 1.56. The Morgan fingerprint density at radius 1 is 1.50 bits per heavy atom. The van der Waals surface area contributed by atoms with Gasteiger partial charge >= 0.3 is 5.97 Å². The van der Waals surface area contributed by atoms with Crippen LogP contribution in [0.4, 0.5) is 0 Å². The molecular weight excluding hydrogens is 250 g/mol. The van der Waals surface area contributed by atoms with Gasteiger partial charge in [-0.3, -0.25) is 4.79 Å². The standard InChI is InChI=1S/C13H17NO3S/c14-11(5-6-13(15)16)10-3-1-2-4-12(10)18-9-7-17-8-9/h1-4,9,11H,5-8,14H2,(H,15,16). The maximum Gasteiger partial charge on any atom is 0.303 e. The van der Waals surface area contributed by atoms with E-state index >= 15 is 0 Å². The highest BCUT2D eigenvalue weighted by Gasteiger charge is 2.22. The van der Waals surface area contributed by atoms with E-state index in [1.165, 1.54) is 0 Å². The number of thioether (sulfide) groups is 1. The minimum atomic E-state index is -0.803. The number of benzene rings is 1. The third-order valence-corrected chi connectivity index (χ3v) is 4.12. The lowest BCUT2D eigenvalue weighted by Crippen LogP contribution is -2.30. The summed E-state index contributed by atoms with van der Waals surface area (Å²) in [5, 5.41) is 9.19. The second-order valence-corrected chi connectivity index (χ2v) is 5.70. The van der Waals surface area contributed by atoms with Crippen LogP contribution in [0.3, 0.4) is 0 Å². The van der Waals surface area contributed by atoms with Crippen LogP contribution in [0.15, 0.2) is 29.2 Å². The summed E-state index contributed by atoms with van der Waals surface area (Å²) >= 11 is 1.77. The second kappa shape index (κ2) is 6.22. The third-order valence-electron chi connectivity index (χ3n) is 2.89. The van der Waals surface area contributed by atoms with Crippen molar-refractivity contribution in [2.45, 2.75) is 29.0 Å². The van der Waals surface area contributed by atoms with Crippen LogP contribution < -0.4 is 5.73 Å². The average Bonchev–Trinajstić information content (AvgIpc) is 2.31. The zero-order valence-electron chi connectivity index (χ0n) is 10.0. The minimum Gasteiger partial charge on any atom is -0.481 e. The van der Waals surface area contributed by atoms with Gasteiger partial charge in [-0.05, 0) is 18.1 Å². The van der Waals surface area contributed by atoms with Crippen LogP contribution in [0.2, 0.25) is 0 Å². The minimum absolute atomic E-state index is 0.104. The van der Waals surface area contributed by atoms with Crippen LogP contribution in [0, 0.1) is 0 Å². The highest BCUT2D eigenvalue weighted by molar-refractivity contribution is 8.00. The summed E-state index contributed by atoms with van der Waals surface area (Å²) in [5.74, 6) is -0.803. The predicted molar refractivity (Wildman–Crippen MR) is 70.7 cm³/mol. The van der Waals surface area contributed by atoms with Crippen LogP contribution in [0.1, 0.15) is 24.4 Å². The van der Waals surface area contributed by atoms with Crippen LogP contribution in [0.25, 0.3) is 0 Å². The van der Waals surface area contributed by atoms with Crippen molar-refractivity contribution in [3.63, 3.8) is 0 Å². The van der Waals surface area contributed by atoms with E-state index in [2.05, 4.69) is 0 Å². The third kappa shape index (κ3) is 3.48. The zero-order valence-corrected chi connectivity index (χ0v) is 10.9. The molecular formula is C13H17NO3S. The lowest BCUT2D eigenvalue weighted by Gasteiger charge is -2.26. The first-order chi connectivity index (χ1) is 8.66. The molecule has 1 unspecified atom stereocenters. The van der Waals surface area contributed by atoms with Crippen molar-refractivity contribution < 1.29 is 14.6 Å². The summed E-state index contributed by atoms with van der Waals surface area (Å²) in [7, 11) is 0. The largest absolute Gasteiger partial charge is 0.481 e. The van der Waals surface area contributed by atoms with Gasteiger partial charge in [0.05, 0.1) is 18.5 Å². The van der Waals surface area contributed by atoms with E-state index in [-0.39, 0.29) is 12.5 Å². The molecule has 0 radical (unpaired) electrons. The maximum absolute atomic E-state index is 10.6. The molecule has 1 aromatic rings. The number of carbonyl (C=O) groups is 1. The van der Waals surface area contributed by atoms with Crippen LogP contribution in [-0.2, 0) is 9.53 Å². The highest BCUT2D eigenvalue weighted by atomic mass is 32.2. The SMILES string of the molecule is NC(CCC(=O)O)c1ccccc1SC1COC1. The number of hydrogen-bond acceptors (Lipinski definition) is 4. The molecule has 0 bridgehead atoms. The zero-order chi connectivity index (χ0) is 13.0. The summed E-state index contributed by atoms with van der Waals surface area (Å²) < 4.78 is 5.16. The van der Waals surface area contributed by atoms with Crippen molar-refractivity contribution in [1.82, 2.24) is 0 Å². The highest BCUT2D eigenvalue weighted by Crippen LogP contribution is 2.33. The van der Waals surface area contributed by atoms with Crippen LogP contribution >= 0.6 is 11.8 Å². The molecule has 1 fully saturated rings. The predicted octanol–water partition coefficient (Wildman–Crippen LogP) is 2.04. The molecule has 1 aromatic carbocycles. The fourth-order valence-corrected chi connectivity index (χ4v) is 2.99. The van der Waals surface area contributed by atoms with E-state index in [0.717, 1.165) is 23.7 Å². The Balaban J connectivity index is 2.02. The quantitative estimate of drug-likeness (QED) is 0.825. The van der Waals surface area contributed by atoms with Crippen molar-refractivity contribution >= 4 is 17.7 Å². The molecule has 0 aromatic heterocycles. The molecule has 2 rings (SSSR count). The number of nitrogens with two attached hydrogens (primary N) is 1. The van der Waals surface area contributed by atoms with E-state index in [4.69, 9.17) is 15.6 Å². The Kier molecular flexibility index (Phi) is 4.63. The molecule has 0 saturated carbocycles. The van der Waals surface area contributed by atoms with Gasteiger partial charge in [0, 0.05) is 17.4 Å². The van der Waals surface area contributed by atoms with E-state index < -0.39 is 5.97 Å². The molecule has 4 nitrogen and oxygen atoms in total. The molecule has 18 heavy (non-hydrogen) atoms. The van der Waals surface area contributed by atoms with Gasteiger partial charge in [-0.15, -0.1) is 11.8 Å². The number of rotatable bonds is 6. The molecule has 0 spiro atoms. The van der Waals surface area contributed by atoms with Crippen molar-refractivity contribution in [3.05, 3.63) is 29.8 Å². The van der Waals surface area contributed by atoms with Crippen molar-refractivity contribution in [1.29, 1.82) is 0 Å². The molecule has 1 saturated heterocycles. The van der Waals surface area contributed by atoms with Crippen molar-refractivity contribution in [3.8, 4) is 0 Å². The van der Waals surface area contributed by atoms with Crippen LogP contribution in [-0.4, -0.2) is 29.5 Å². The molecule has 1 heterocycles. The molecule has 5 heteroatoms. The monoisotopic (exact) mass is 267 g/mol. The topological polar surface area (TPSA) is 72.6 Å². The van der Waals surface area contributed by atoms with Gasteiger partial charge in [0.1, 0.15) is 0 Å². The van der Waals surface area contributed by atoms with Crippen LogP contribution in [0.5, 0.6) is 0 Å². The van der Waals surface area contributed by atoms with E-state index in [1.807, 2.05) is 24.3 Å². The Morgan fingerprint density at radius 2 is 2.22 bits per heavy atom. The van der Waals surface area contributed by atoms with Gasteiger partial charge in [-0.2, -0.15) is 0 Å². The summed E-state index contributed by atoms with van der Waals surface area (Å²) in [4.78, 5) is 11.7. The molecule has 1 atom stereocenters. The smallest absolute Gasteiger partial charge is 0.303 e. The van der Waals surface area contributed by atoms with Crippen molar-refractivity contribution in [2.75, 3.05) is 13.2 Å². The Hall–Kier alpha value is -1.04. The first-order valence-electron chi connectivity index (χ1n) is 5.97. The lowest BCUT2D eigenvalue weighted by atomic mass is 10.0. The second-order valence-electron chi connectivity index (χ2n) is 4.35. The van der Waals surface area contributed by atoms with E-state index in [0.29, 0.717) is 11.7 Å². The number of aliphatic carboxylic acids is 1. The number of hydrogen-bond donors (Lipinski definition) is 2. The van der Waals surface area contributed by atoms with Gasteiger partial charge in [0.25, 0.3) is 0 Å². The van der Waals surface area contributed by atoms with Gasteiger partial charge in [-0.1, -0.05) is 18.2 Å². The van der Waals surface area contributed by atoms with Gasteiger partial charge in [0.2, 0.25) is 0 Å². The fourth-order valence-electron chi connectivity index (χ4n) is 1.79. The normalized spacial score (nSPS) is 17.2. The average molecular weight is 267 g/mol.